The summed E-state index contributed by atoms with van der Waals surface area (Å²) in [5.41, 5.74) is -2.85. The monoisotopic (exact) mass is 546 g/mol. The largest absolute Gasteiger partial charge is 0.465 e. The van der Waals surface area contributed by atoms with Crippen molar-refractivity contribution in [3.63, 3.8) is 0 Å². The van der Waals surface area contributed by atoms with Crippen LogP contribution in [-0.2, 0) is 33.4 Å². The quantitative estimate of drug-likeness (QED) is 0.281. The minimum Gasteiger partial charge on any atom is -0.465 e. The Morgan fingerprint density at radius 3 is 2.23 bits per heavy atom. The van der Waals surface area contributed by atoms with Gasteiger partial charge in [-0.05, 0) is 24.5 Å². The van der Waals surface area contributed by atoms with Crippen LogP contribution >= 0.6 is 0 Å². The SMILES string of the molecule is CC(=O)OC[C@@]1(C)[C@H]2[C@@H]3C=C(CO)C[C@@H]4C(=O)C(C)=C[C@H]4[C@@]3(O)[C@H](C)[C@@H](OC(=O)C(C)C)[C@]21OC(=O)C(C)C. The number of carbonyl (C=O) groups excluding carboxylic acids is 4. The van der Waals surface area contributed by atoms with Crippen LogP contribution in [0.25, 0.3) is 0 Å². The van der Waals surface area contributed by atoms with E-state index in [0.29, 0.717) is 11.1 Å². The number of ketones is 1. The van der Waals surface area contributed by atoms with Crippen LogP contribution in [0.1, 0.15) is 61.8 Å². The van der Waals surface area contributed by atoms with Crippen molar-refractivity contribution in [1.82, 2.24) is 0 Å². The van der Waals surface area contributed by atoms with Gasteiger partial charge in [0.25, 0.3) is 0 Å². The van der Waals surface area contributed by atoms with Crippen molar-refractivity contribution in [2.75, 3.05) is 13.2 Å². The Morgan fingerprint density at radius 1 is 1.08 bits per heavy atom. The molecule has 0 spiro atoms. The van der Waals surface area contributed by atoms with Crippen LogP contribution in [0, 0.1) is 46.8 Å². The van der Waals surface area contributed by atoms with Crippen molar-refractivity contribution in [2.24, 2.45) is 46.8 Å². The average molecular weight is 547 g/mol. The molecular formula is C30H42O9. The Hall–Kier alpha value is -2.52. The molecule has 4 aliphatic carbocycles. The van der Waals surface area contributed by atoms with E-state index in [1.54, 1.807) is 47.6 Å². The molecule has 0 aromatic carbocycles. The number of aliphatic hydroxyl groups excluding tert-OH is 1. The summed E-state index contributed by atoms with van der Waals surface area (Å²) in [7, 11) is 0. The van der Waals surface area contributed by atoms with Gasteiger partial charge in [0.1, 0.15) is 12.7 Å². The molecule has 9 nitrogen and oxygen atoms in total. The molecule has 2 fully saturated rings. The van der Waals surface area contributed by atoms with E-state index in [4.69, 9.17) is 14.2 Å². The van der Waals surface area contributed by atoms with Crippen molar-refractivity contribution >= 4 is 23.7 Å². The Balaban J connectivity index is 1.97. The van der Waals surface area contributed by atoms with Gasteiger partial charge in [-0.25, -0.2) is 0 Å². The Morgan fingerprint density at radius 2 is 1.69 bits per heavy atom. The number of ether oxygens (including phenoxy) is 3. The second-order valence-electron chi connectivity index (χ2n) is 12.8. The van der Waals surface area contributed by atoms with E-state index in [0.717, 1.165) is 0 Å². The van der Waals surface area contributed by atoms with E-state index >= 15 is 0 Å². The highest BCUT2D eigenvalue weighted by atomic mass is 16.6. The summed E-state index contributed by atoms with van der Waals surface area (Å²) in [6, 6.07) is 0. The summed E-state index contributed by atoms with van der Waals surface area (Å²) in [5.74, 6) is -5.87. The summed E-state index contributed by atoms with van der Waals surface area (Å²) in [6.45, 7) is 13.0. The van der Waals surface area contributed by atoms with E-state index in [2.05, 4.69) is 0 Å². The molecule has 0 amide bonds. The third-order valence-electron chi connectivity index (χ3n) is 9.71. The van der Waals surface area contributed by atoms with Crippen LogP contribution in [0.15, 0.2) is 23.3 Å². The normalized spacial score (nSPS) is 40.6. The molecule has 0 heterocycles. The van der Waals surface area contributed by atoms with Gasteiger partial charge >= 0.3 is 17.9 Å². The zero-order valence-electron chi connectivity index (χ0n) is 24.1. The predicted molar refractivity (Wildman–Crippen MR) is 140 cm³/mol. The Kier molecular flexibility index (Phi) is 7.43. The molecule has 0 aromatic heterocycles. The van der Waals surface area contributed by atoms with Gasteiger partial charge in [-0.1, -0.05) is 53.7 Å². The maximum Gasteiger partial charge on any atom is 0.309 e. The maximum absolute atomic E-state index is 13.2. The van der Waals surface area contributed by atoms with Gasteiger partial charge in [0.2, 0.25) is 0 Å². The smallest absolute Gasteiger partial charge is 0.309 e. The molecule has 0 radical (unpaired) electrons. The fraction of sp³-hybridized carbons (Fsp3) is 0.733. The van der Waals surface area contributed by atoms with Gasteiger partial charge in [0, 0.05) is 36.5 Å². The molecule has 216 valence electrons. The van der Waals surface area contributed by atoms with Gasteiger partial charge in [-0.15, -0.1) is 0 Å². The lowest BCUT2D eigenvalue weighted by Crippen LogP contribution is -2.64. The number of allylic oxidation sites excluding steroid dienone is 1. The highest BCUT2D eigenvalue weighted by Crippen LogP contribution is 2.77. The van der Waals surface area contributed by atoms with Crippen molar-refractivity contribution < 1.29 is 43.6 Å². The molecule has 0 aliphatic heterocycles. The lowest BCUT2D eigenvalue weighted by atomic mass is 9.59. The van der Waals surface area contributed by atoms with Crippen molar-refractivity contribution in [2.45, 2.75) is 79.1 Å². The molecule has 0 aromatic rings. The predicted octanol–water partition coefficient (Wildman–Crippen LogP) is 2.77. The molecule has 2 N–H and O–H groups in total. The standard InChI is InChI=1S/C30H42O9/c1-14(2)26(34)38-25-17(6)29(36)21-9-16(5)23(33)20(21)10-19(12-31)11-22(29)24-28(8,13-37-18(7)32)30(24,25)39-27(35)15(3)4/h9,11,14-15,17,20-22,24-25,31,36H,10,12-13H2,1-8H3/t17-,20+,21-,22+,24-,25-,28+,29+,30-/m1/s1. The number of carbonyl (C=O) groups is 4. The van der Waals surface area contributed by atoms with Gasteiger partial charge in [-0.3, -0.25) is 19.2 Å². The van der Waals surface area contributed by atoms with Gasteiger partial charge in [0.15, 0.2) is 11.4 Å². The summed E-state index contributed by atoms with van der Waals surface area (Å²) in [6.07, 6.45) is 2.82. The third kappa shape index (κ3) is 4.19. The second kappa shape index (κ2) is 9.84. The molecule has 4 aliphatic rings. The van der Waals surface area contributed by atoms with E-state index in [1.807, 2.05) is 13.0 Å². The summed E-state index contributed by atoms with van der Waals surface area (Å²) in [4.78, 5) is 51.4. The second-order valence-corrected chi connectivity index (χ2v) is 12.8. The lowest BCUT2D eigenvalue weighted by molar-refractivity contribution is -0.223. The zero-order valence-corrected chi connectivity index (χ0v) is 24.1. The molecule has 9 atom stereocenters. The first kappa shape index (κ1) is 29.5. The number of Topliss-reactive ketones (excluding diaryl/α,β-unsaturated/α-hetero) is 1. The van der Waals surface area contributed by atoms with Crippen LogP contribution in [0.5, 0.6) is 0 Å². The zero-order chi connectivity index (χ0) is 29.2. The molecule has 4 rings (SSSR count). The maximum atomic E-state index is 13.2. The first-order valence-electron chi connectivity index (χ1n) is 13.9. The number of rotatable bonds is 7. The topological polar surface area (TPSA) is 136 Å². The number of fused-ring (bicyclic) bond motifs is 5. The van der Waals surface area contributed by atoms with Gasteiger partial charge < -0.3 is 24.4 Å². The van der Waals surface area contributed by atoms with E-state index in [9.17, 15) is 29.4 Å². The molecule has 9 heteroatoms. The highest BCUT2D eigenvalue weighted by molar-refractivity contribution is 6.00. The van der Waals surface area contributed by atoms with Crippen LogP contribution in [0.3, 0.4) is 0 Å². The van der Waals surface area contributed by atoms with Crippen molar-refractivity contribution in [3.05, 3.63) is 23.3 Å². The number of esters is 3. The summed E-state index contributed by atoms with van der Waals surface area (Å²) >= 11 is 0. The molecule has 0 bridgehead atoms. The van der Waals surface area contributed by atoms with Crippen LogP contribution in [-0.4, -0.2) is 64.4 Å². The highest BCUT2D eigenvalue weighted by Gasteiger charge is 2.89. The van der Waals surface area contributed by atoms with Gasteiger partial charge in [0.05, 0.1) is 29.5 Å². The molecule has 0 saturated heterocycles. The fourth-order valence-electron chi connectivity index (χ4n) is 7.56. The first-order chi connectivity index (χ1) is 18.1. The molecule has 0 unspecified atom stereocenters. The van der Waals surface area contributed by atoms with E-state index in [-0.39, 0.29) is 25.4 Å². The van der Waals surface area contributed by atoms with Crippen LogP contribution < -0.4 is 0 Å². The fourth-order valence-corrected chi connectivity index (χ4v) is 7.56. The first-order valence-corrected chi connectivity index (χ1v) is 13.9. The third-order valence-corrected chi connectivity index (χ3v) is 9.71. The minimum absolute atomic E-state index is 0.0853. The minimum atomic E-state index is -1.58. The van der Waals surface area contributed by atoms with Crippen LogP contribution in [0.4, 0.5) is 0 Å². The number of hydrogen-bond acceptors (Lipinski definition) is 9. The number of aliphatic hydroxyl groups is 2. The lowest BCUT2D eigenvalue weighted by Gasteiger charge is -2.52. The Labute approximate surface area is 229 Å². The van der Waals surface area contributed by atoms with Crippen molar-refractivity contribution in [3.8, 4) is 0 Å². The van der Waals surface area contributed by atoms with E-state index < -0.39 is 82.1 Å². The molecule has 2 saturated carbocycles. The summed E-state index contributed by atoms with van der Waals surface area (Å²) < 4.78 is 17.9. The van der Waals surface area contributed by atoms with E-state index in [1.165, 1.54) is 6.92 Å². The Bertz CT molecular complexity index is 1140. The van der Waals surface area contributed by atoms with Gasteiger partial charge in [-0.2, -0.15) is 0 Å². The summed E-state index contributed by atoms with van der Waals surface area (Å²) in [5, 5.41) is 23.0. The molecule has 39 heavy (non-hydrogen) atoms. The average Bonchev–Trinajstić information content (AvgIpc) is 3.31. The molecular weight excluding hydrogens is 504 g/mol. The van der Waals surface area contributed by atoms with Crippen molar-refractivity contribution in [1.29, 1.82) is 0 Å². The number of hydrogen-bond donors (Lipinski definition) is 2. The van der Waals surface area contributed by atoms with Crippen LogP contribution in [0.2, 0.25) is 0 Å².